The smallest absolute Gasteiger partial charge is 0.153 e. The Kier molecular flexibility index (Phi) is 2.51. The average Bonchev–Trinajstić information content (AvgIpc) is 2.66. The lowest BCUT2D eigenvalue weighted by atomic mass is 10.3. The highest BCUT2D eigenvalue weighted by molar-refractivity contribution is 6.32. The molecule has 0 aliphatic carbocycles. The molecule has 76 valence electrons. The summed E-state index contributed by atoms with van der Waals surface area (Å²) in [5, 5.41) is 4.09. The van der Waals surface area contributed by atoms with Gasteiger partial charge in [-0.3, -0.25) is 4.79 Å². The Hall–Kier alpha value is -1.68. The van der Waals surface area contributed by atoms with Gasteiger partial charge in [0.15, 0.2) is 6.29 Å². The van der Waals surface area contributed by atoms with Gasteiger partial charge in [-0.1, -0.05) is 17.7 Å². The van der Waals surface area contributed by atoms with Gasteiger partial charge in [-0.15, -0.1) is 0 Å². The van der Waals surface area contributed by atoms with Crippen LogP contribution in [0.3, 0.4) is 0 Å². The molecule has 0 N–H and O–H groups in total. The highest BCUT2D eigenvalue weighted by atomic mass is 35.5. The molecule has 0 bridgehead atoms. The number of nitrogens with zero attached hydrogens (tertiary/aromatic N) is 2. The van der Waals surface area contributed by atoms with E-state index in [0.29, 0.717) is 11.8 Å². The fourth-order valence-corrected chi connectivity index (χ4v) is 1.48. The van der Waals surface area contributed by atoms with E-state index < -0.39 is 5.82 Å². The molecule has 2 rings (SSSR count). The van der Waals surface area contributed by atoms with Crippen LogP contribution in [-0.2, 0) is 0 Å². The van der Waals surface area contributed by atoms with Crippen LogP contribution in [0.25, 0.3) is 5.69 Å². The summed E-state index contributed by atoms with van der Waals surface area (Å²) in [6.07, 6.45) is 3.39. The highest BCUT2D eigenvalue weighted by Gasteiger charge is 2.10. The van der Waals surface area contributed by atoms with Crippen molar-refractivity contribution in [1.82, 2.24) is 9.78 Å². The second-order valence-corrected chi connectivity index (χ2v) is 3.31. The minimum absolute atomic E-state index is 0.146. The Morgan fingerprint density at radius 3 is 2.87 bits per heavy atom. The molecule has 0 atom stereocenters. The number of para-hydroxylation sites is 1. The molecular formula is C10H6ClFN2O. The Bertz CT molecular complexity index is 490. The predicted molar refractivity (Wildman–Crippen MR) is 53.9 cm³/mol. The lowest BCUT2D eigenvalue weighted by Crippen LogP contribution is -1.98. The molecule has 0 unspecified atom stereocenters. The van der Waals surface area contributed by atoms with Crippen LogP contribution in [0.4, 0.5) is 4.39 Å². The Morgan fingerprint density at radius 1 is 1.47 bits per heavy atom. The van der Waals surface area contributed by atoms with Crippen LogP contribution in [-0.4, -0.2) is 16.1 Å². The Balaban J connectivity index is 2.58. The van der Waals surface area contributed by atoms with Gasteiger partial charge in [-0.05, 0) is 12.1 Å². The van der Waals surface area contributed by atoms with Crippen LogP contribution >= 0.6 is 11.6 Å². The number of carbonyl (C=O) groups is 1. The molecule has 2 aromatic rings. The second-order valence-electron chi connectivity index (χ2n) is 2.91. The van der Waals surface area contributed by atoms with E-state index in [-0.39, 0.29) is 10.7 Å². The number of carbonyl (C=O) groups excluding carboxylic acids is 1. The number of hydrogen-bond donors (Lipinski definition) is 0. The van der Waals surface area contributed by atoms with Crippen LogP contribution in [0.1, 0.15) is 10.4 Å². The molecule has 5 heteroatoms. The summed E-state index contributed by atoms with van der Waals surface area (Å²) in [6.45, 7) is 0. The van der Waals surface area contributed by atoms with Crippen molar-refractivity contribution < 1.29 is 9.18 Å². The zero-order valence-corrected chi connectivity index (χ0v) is 8.28. The highest BCUT2D eigenvalue weighted by Crippen LogP contribution is 2.22. The van der Waals surface area contributed by atoms with Gasteiger partial charge in [-0.2, -0.15) is 5.10 Å². The van der Waals surface area contributed by atoms with Gasteiger partial charge in [0, 0.05) is 6.20 Å². The molecule has 0 saturated carbocycles. The van der Waals surface area contributed by atoms with Gasteiger partial charge in [0.1, 0.15) is 11.5 Å². The first-order valence-electron chi connectivity index (χ1n) is 4.16. The van der Waals surface area contributed by atoms with Crippen LogP contribution < -0.4 is 0 Å². The van der Waals surface area contributed by atoms with E-state index in [4.69, 9.17) is 11.6 Å². The zero-order chi connectivity index (χ0) is 10.8. The summed E-state index contributed by atoms with van der Waals surface area (Å²) in [6, 6.07) is 4.34. The Morgan fingerprint density at radius 2 is 2.27 bits per heavy atom. The van der Waals surface area contributed by atoms with Crippen molar-refractivity contribution in [2.24, 2.45) is 0 Å². The number of hydrogen-bond acceptors (Lipinski definition) is 2. The van der Waals surface area contributed by atoms with E-state index in [0.717, 1.165) is 0 Å². The van der Waals surface area contributed by atoms with E-state index in [2.05, 4.69) is 5.10 Å². The first-order chi connectivity index (χ1) is 7.22. The number of benzene rings is 1. The molecule has 0 fully saturated rings. The molecule has 0 saturated heterocycles. The van der Waals surface area contributed by atoms with Crippen molar-refractivity contribution in [3.63, 3.8) is 0 Å². The summed E-state index contributed by atoms with van der Waals surface area (Å²) in [7, 11) is 0. The standard InChI is InChI=1S/C10H6ClFN2O/c11-8-2-1-3-9(12)10(8)14-5-7(6-15)4-13-14/h1-6H. The molecule has 1 heterocycles. The zero-order valence-electron chi connectivity index (χ0n) is 7.52. The molecule has 0 radical (unpaired) electrons. The van der Waals surface area contributed by atoms with Gasteiger partial charge < -0.3 is 0 Å². The topological polar surface area (TPSA) is 34.9 Å². The molecule has 0 amide bonds. The quantitative estimate of drug-likeness (QED) is 0.735. The normalized spacial score (nSPS) is 10.3. The third-order valence-electron chi connectivity index (χ3n) is 1.91. The minimum Gasteiger partial charge on any atom is -0.298 e. The molecule has 0 aliphatic rings. The lowest BCUT2D eigenvalue weighted by molar-refractivity contribution is 0.112. The molecule has 1 aromatic carbocycles. The summed E-state index contributed by atoms with van der Waals surface area (Å²) >= 11 is 5.83. The van der Waals surface area contributed by atoms with Crippen LogP contribution in [0, 0.1) is 5.82 Å². The van der Waals surface area contributed by atoms with E-state index in [1.54, 1.807) is 6.07 Å². The van der Waals surface area contributed by atoms with E-state index >= 15 is 0 Å². The van der Waals surface area contributed by atoms with Crippen LogP contribution in [0.5, 0.6) is 0 Å². The Labute approximate surface area is 90.1 Å². The molecule has 0 aliphatic heterocycles. The van der Waals surface area contributed by atoms with Crippen molar-refractivity contribution in [2.45, 2.75) is 0 Å². The summed E-state index contributed by atoms with van der Waals surface area (Å²) < 4.78 is 14.7. The average molecular weight is 225 g/mol. The van der Waals surface area contributed by atoms with Gasteiger partial charge in [-0.25, -0.2) is 9.07 Å². The van der Waals surface area contributed by atoms with Crippen molar-refractivity contribution in [3.8, 4) is 5.69 Å². The maximum absolute atomic E-state index is 13.4. The first kappa shape index (κ1) is 9.86. The van der Waals surface area contributed by atoms with E-state index in [9.17, 15) is 9.18 Å². The molecule has 0 spiro atoms. The van der Waals surface area contributed by atoms with Crippen molar-refractivity contribution in [3.05, 3.63) is 47.0 Å². The van der Waals surface area contributed by atoms with Gasteiger partial charge >= 0.3 is 0 Å². The summed E-state index contributed by atoms with van der Waals surface area (Å²) in [5.41, 5.74) is 0.515. The van der Waals surface area contributed by atoms with Crippen LogP contribution in [0.15, 0.2) is 30.6 Å². The first-order valence-corrected chi connectivity index (χ1v) is 4.54. The molecule has 3 nitrogen and oxygen atoms in total. The van der Waals surface area contributed by atoms with Gasteiger partial charge in [0.05, 0.1) is 16.8 Å². The molecule has 1 aromatic heterocycles. The van der Waals surface area contributed by atoms with Crippen molar-refractivity contribution in [2.75, 3.05) is 0 Å². The largest absolute Gasteiger partial charge is 0.298 e. The third kappa shape index (κ3) is 1.76. The number of aromatic nitrogens is 2. The third-order valence-corrected chi connectivity index (χ3v) is 2.21. The number of aldehydes is 1. The van der Waals surface area contributed by atoms with Gasteiger partial charge in [0.2, 0.25) is 0 Å². The summed E-state index contributed by atoms with van der Waals surface area (Å²) in [5.74, 6) is -0.483. The molecule has 15 heavy (non-hydrogen) atoms. The van der Waals surface area contributed by atoms with Gasteiger partial charge in [0.25, 0.3) is 0 Å². The SMILES string of the molecule is O=Cc1cnn(-c2c(F)cccc2Cl)c1. The molecular weight excluding hydrogens is 219 g/mol. The fraction of sp³-hybridized carbons (Fsp3) is 0. The lowest BCUT2D eigenvalue weighted by Gasteiger charge is -2.04. The number of halogens is 2. The number of rotatable bonds is 2. The predicted octanol–water partition coefficient (Wildman–Crippen LogP) is 2.48. The van der Waals surface area contributed by atoms with Crippen LogP contribution in [0.2, 0.25) is 5.02 Å². The summed E-state index contributed by atoms with van der Waals surface area (Å²) in [4.78, 5) is 10.4. The van der Waals surface area contributed by atoms with E-state index in [1.165, 1.54) is 29.2 Å². The minimum atomic E-state index is -0.483. The van der Waals surface area contributed by atoms with Crippen molar-refractivity contribution >= 4 is 17.9 Å². The maximum atomic E-state index is 13.4. The monoisotopic (exact) mass is 224 g/mol. The van der Waals surface area contributed by atoms with Crippen molar-refractivity contribution in [1.29, 1.82) is 0 Å². The second kappa shape index (κ2) is 3.82. The fourth-order valence-electron chi connectivity index (χ4n) is 1.23. The van der Waals surface area contributed by atoms with E-state index in [1.807, 2.05) is 0 Å². The maximum Gasteiger partial charge on any atom is 0.153 e.